The Morgan fingerprint density at radius 2 is 2.05 bits per heavy atom. The summed E-state index contributed by atoms with van der Waals surface area (Å²) in [5.74, 6) is 1.62. The van der Waals surface area contributed by atoms with Crippen molar-refractivity contribution in [1.82, 2.24) is 15.1 Å². The molecule has 112 valence electrons. The van der Waals surface area contributed by atoms with Crippen LogP contribution in [0.1, 0.15) is 24.1 Å². The van der Waals surface area contributed by atoms with Crippen molar-refractivity contribution >= 4 is 15.9 Å². The van der Waals surface area contributed by atoms with E-state index in [2.05, 4.69) is 33.3 Å². The van der Waals surface area contributed by atoms with Crippen LogP contribution in [-0.4, -0.2) is 23.0 Å². The lowest BCUT2D eigenvalue weighted by atomic mass is 10.1. The van der Waals surface area contributed by atoms with E-state index in [0.29, 0.717) is 13.2 Å². The van der Waals surface area contributed by atoms with Gasteiger partial charge in [-0.15, -0.1) is 0 Å². The Hall–Kier alpha value is -1.53. The number of nitrogens with zero attached hydrogens (tertiary/aromatic N) is 2. The molecule has 1 atom stereocenters. The SMILES string of the molecule is C[C@@H](NCc1cnn(C)c1)c1cc2c(cc1Br)OCCO2. The van der Waals surface area contributed by atoms with Crippen LogP contribution in [0.25, 0.3) is 0 Å². The highest BCUT2D eigenvalue weighted by Crippen LogP contribution is 2.37. The Morgan fingerprint density at radius 3 is 2.71 bits per heavy atom. The molecule has 1 aromatic carbocycles. The van der Waals surface area contributed by atoms with Gasteiger partial charge >= 0.3 is 0 Å². The number of nitrogens with one attached hydrogen (secondary N) is 1. The van der Waals surface area contributed by atoms with E-state index in [1.165, 1.54) is 0 Å². The van der Waals surface area contributed by atoms with Crippen LogP contribution in [-0.2, 0) is 13.6 Å². The van der Waals surface area contributed by atoms with Crippen LogP contribution in [0.15, 0.2) is 29.0 Å². The number of rotatable bonds is 4. The smallest absolute Gasteiger partial charge is 0.162 e. The molecular weight excluding hydrogens is 334 g/mol. The van der Waals surface area contributed by atoms with E-state index in [9.17, 15) is 0 Å². The molecule has 0 bridgehead atoms. The minimum absolute atomic E-state index is 0.190. The van der Waals surface area contributed by atoms with Gasteiger partial charge in [0.05, 0.1) is 6.20 Å². The first-order valence-corrected chi connectivity index (χ1v) is 7.73. The van der Waals surface area contributed by atoms with E-state index in [1.54, 1.807) is 0 Å². The van der Waals surface area contributed by atoms with E-state index in [1.807, 2.05) is 36.3 Å². The van der Waals surface area contributed by atoms with Gasteiger partial charge in [0.2, 0.25) is 0 Å². The molecule has 0 spiro atoms. The van der Waals surface area contributed by atoms with Crippen molar-refractivity contribution in [2.24, 2.45) is 7.05 Å². The molecule has 5 nitrogen and oxygen atoms in total. The van der Waals surface area contributed by atoms with Gasteiger partial charge in [-0.3, -0.25) is 4.68 Å². The van der Waals surface area contributed by atoms with Crippen molar-refractivity contribution in [2.45, 2.75) is 19.5 Å². The van der Waals surface area contributed by atoms with Gasteiger partial charge < -0.3 is 14.8 Å². The van der Waals surface area contributed by atoms with Crippen LogP contribution >= 0.6 is 15.9 Å². The lowest BCUT2D eigenvalue weighted by Crippen LogP contribution is -2.20. The molecule has 1 aliphatic heterocycles. The highest BCUT2D eigenvalue weighted by molar-refractivity contribution is 9.10. The Balaban J connectivity index is 1.73. The number of aromatic nitrogens is 2. The van der Waals surface area contributed by atoms with Crippen LogP contribution in [0.5, 0.6) is 11.5 Å². The van der Waals surface area contributed by atoms with Crippen LogP contribution in [0.2, 0.25) is 0 Å². The Labute approximate surface area is 132 Å². The zero-order chi connectivity index (χ0) is 14.8. The van der Waals surface area contributed by atoms with Crippen molar-refractivity contribution in [2.75, 3.05) is 13.2 Å². The number of benzene rings is 1. The second kappa shape index (κ2) is 6.07. The number of fused-ring (bicyclic) bond motifs is 1. The van der Waals surface area contributed by atoms with Gasteiger partial charge in [0, 0.05) is 35.9 Å². The predicted molar refractivity (Wildman–Crippen MR) is 83.6 cm³/mol. The molecule has 1 N–H and O–H groups in total. The van der Waals surface area contributed by atoms with Crippen LogP contribution in [0.4, 0.5) is 0 Å². The van der Waals surface area contributed by atoms with Crippen molar-refractivity contribution in [3.8, 4) is 11.5 Å². The Bertz CT molecular complexity index is 642. The molecule has 6 heteroatoms. The fraction of sp³-hybridized carbons (Fsp3) is 0.400. The molecule has 0 aliphatic carbocycles. The molecule has 0 saturated carbocycles. The maximum Gasteiger partial charge on any atom is 0.162 e. The standard InChI is InChI=1S/C15H18BrN3O2/c1-10(17-7-11-8-18-19(2)9-11)12-5-14-15(6-13(12)16)21-4-3-20-14/h5-6,8-10,17H,3-4,7H2,1-2H3/t10-/m1/s1. The van der Waals surface area contributed by atoms with E-state index in [4.69, 9.17) is 9.47 Å². The van der Waals surface area contributed by atoms with Crippen LogP contribution in [0, 0.1) is 0 Å². The zero-order valence-corrected chi connectivity index (χ0v) is 13.7. The summed E-state index contributed by atoms with van der Waals surface area (Å²) in [6, 6.07) is 4.21. The van der Waals surface area contributed by atoms with Crippen molar-refractivity contribution in [1.29, 1.82) is 0 Å². The summed E-state index contributed by atoms with van der Waals surface area (Å²) >= 11 is 3.61. The predicted octanol–water partition coefficient (Wildman–Crippen LogP) is 2.80. The van der Waals surface area contributed by atoms with E-state index in [0.717, 1.165) is 33.6 Å². The van der Waals surface area contributed by atoms with Crippen molar-refractivity contribution < 1.29 is 9.47 Å². The van der Waals surface area contributed by atoms with Gasteiger partial charge in [-0.1, -0.05) is 15.9 Å². The number of ether oxygens (including phenoxy) is 2. The van der Waals surface area contributed by atoms with Gasteiger partial charge in [0.25, 0.3) is 0 Å². The third-order valence-corrected chi connectivity index (χ3v) is 4.19. The fourth-order valence-corrected chi connectivity index (χ4v) is 3.02. The second-order valence-corrected chi connectivity index (χ2v) is 6.00. The van der Waals surface area contributed by atoms with E-state index >= 15 is 0 Å². The third kappa shape index (κ3) is 3.22. The average Bonchev–Trinajstić information content (AvgIpc) is 2.89. The first-order valence-electron chi connectivity index (χ1n) is 6.93. The first kappa shape index (κ1) is 14.4. The zero-order valence-electron chi connectivity index (χ0n) is 12.1. The number of hydrogen-bond acceptors (Lipinski definition) is 4. The molecular formula is C15H18BrN3O2. The summed E-state index contributed by atoms with van der Waals surface area (Å²) in [6.07, 6.45) is 3.89. The topological polar surface area (TPSA) is 48.3 Å². The highest BCUT2D eigenvalue weighted by Gasteiger charge is 2.17. The summed E-state index contributed by atoms with van der Waals surface area (Å²) in [5.41, 5.74) is 2.32. The molecule has 3 rings (SSSR count). The molecule has 0 radical (unpaired) electrons. The molecule has 21 heavy (non-hydrogen) atoms. The molecule has 0 saturated heterocycles. The monoisotopic (exact) mass is 351 g/mol. The minimum Gasteiger partial charge on any atom is -0.486 e. The van der Waals surface area contributed by atoms with Crippen LogP contribution in [0.3, 0.4) is 0 Å². The Kier molecular flexibility index (Phi) is 4.17. The summed E-state index contributed by atoms with van der Waals surface area (Å²) < 4.78 is 14.1. The maximum atomic E-state index is 5.65. The summed E-state index contributed by atoms with van der Waals surface area (Å²) in [7, 11) is 1.92. The largest absolute Gasteiger partial charge is 0.486 e. The summed E-state index contributed by atoms with van der Waals surface area (Å²) in [5, 5.41) is 7.67. The molecule has 1 aliphatic rings. The summed E-state index contributed by atoms with van der Waals surface area (Å²) in [6.45, 7) is 4.11. The number of halogens is 1. The number of aryl methyl sites for hydroxylation is 1. The molecule has 0 unspecified atom stereocenters. The van der Waals surface area contributed by atoms with Gasteiger partial charge in [-0.25, -0.2) is 0 Å². The van der Waals surface area contributed by atoms with Crippen molar-refractivity contribution in [3.05, 3.63) is 40.1 Å². The second-order valence-electron chi connectivity index (χ2n) is 5.14. The molecule has 0 fully saturated rings. The molecule has 2 aromatic rings. The normalized spacial score (nSPS) is 15.0. The van der Waals surface area contributed by atoms with Gasteiger partial charge in [-0.05, 0) is 24.6 Å². The third-order valence-electron chi connectivity index (χ3n) is 3.50. The molecule has 1 aromatic heterocycles. The lowest BCUT2D eigenvalue weighted by molar-refractivity contribution is 0.171. The highest BCUT2D eigenvalue weighted by atomic mass is 79.9. The van der Waals surface area contributed by atoms with Gasteiger partial charge in [0.1, 0.15) is 13.2 Å². The van der Waals surface area contributed by atoms with Crippen molar-refractivity contribution in [3.63, 3.8) is 0 Å². The fourth-order valence-electron chi connectivity index (χ4n) is 2.36. The average molecular weight is 352 g/mol. The van der Waals surface area contributed by atoms with E-state index in [-0.39, 0.29) is 6.04 Å². The summed E-state index contributed by atoms with van der Waals surface area (Å²) in [4.78, 5) is 0. The maximum absolute atomic E-state index is 5.65. The first-order chi connectivity index (χ1) is 10.1. The molecule has 0 amide bonds. The Morgan fingerprint density at radius 1 is 1.33 bits per heavy atom. The lowest BCUT2D eigenvalue weighted by Gasteiger charge is -2.22. The number of hydrogen-bond donors (Lipinski definition) is 1. The minimum atomic E-state index is 0.190. The van der Waals surface area contributed by atoms with Gasteiger partial charge in [-0.2, -0.15) is 5.10 Å². The quantitative estimate of drug-likeness (QED) is 0.919. The van der Waals surface area contributed by atoms with E-state index < -0.39 is 0 Å². The molecule has 2 heterocycles. The van der Waals surface area contributed by atoms with Gasteiger partial charge in [0.15, 0.2) is 11.5 Å². The van der Waals surface area contributed by atoms with Crippen LogP contribution < -0.4 is 14.8 Å².